The Kier molecular flexibility index (Phi) is 4.12. The zero-order valence-electron chi connectivity index (χ0n) is 12.9. The van der Waals surface area contributed by atoms with E-state index < -0.39 is 8.15 Å². The maximum atomic E-state index is 13.8. The largest absolute Gasteiger partial charge is 0.472 e. The number of nitrogens with zero attached hydrogens (tertiary/aromatic N) is 1. The Balaban J connectivity index is 2.06. The van der Waals surface area contributed by atoms with Gasteiger partial charge >= 0.3 is 0 Å². The van der Waals surface area contributed by atoms with Crippen molar-refractivity contribution in [3.8, 4) is 16.9 Å². The van der Waals surface area contributed by atoms with Gasteiger partial charge < -0.3 is 9.51 Å². The zero-order valence-corrected chi connectivity index (χ0v) is 13.7. The van der Waals surface area contributed by atoms with Crippen LogP contribution in [-0.4, -0.2) is 23.3 Å². The van der Waals surface area contributed by atoms with Gasteiger partial charge in [0.15, 0.2) is 11.6 Å². The quantitative estimate of drug-likeness (QED) is 0.690. The highest BCUT2D eigenvalue weighted by atomic mass is 31.1. The molecule has 0 aliphatic heterocycles. The molecule has 0 fully saturated rings. The van der Waals surface area contributed by atoms with Gasteiger partial charge in [-0.3, -0.25) is 0 Å². The smallest absolute Gasteiger partial charge is 0.165 e. The predicted molar refractivity (Wildman–Crippen MR) is 90.3 cm³/mol. The van der Waals surface area contributed by atoms with Crippen LogP contribution in [0.3, 0.4) is 0 Å². The number of hydrogen-bond acceptors (Lipinski definition) is 2. The lowest BCUT2D eigenvalue weighted by Crippen LogP contribution is -1.90. The van der Waals surface area contributed by atoms with Crippen LogP contribution < -0.4 is 4.52 Å². The van der Waals surface area contributed by atoms with E-state index in [4.69, 9.17) is 4.52 Å². The van der Waals surface area contributed by atoms with Crippen molar-refractivity contribution in [1.29, 1.82) is 0 Å². The third-order valence-electron chi connectivity index (χ3n) is 3.54. The summed E-state index contributed by atoms with van der Waals surface area (Å²) in [6.07, 6.45) is 4.73. The molecule has 0 radical (unpaired) electrons. The molecule has 1 N–H and O–H groups in total. The Bertz CT molecular complexity index is 814. The van der Waals surface area contributed by atoms with Crippen molar-refractivity contribution in [2.24, 2.45) is 0 Å². The number of pyridine rings is 1. The third-order valence-corrected chi connectivity index (χ3v) is 4.10. The zero-order chi connectivity index (χ0) is 15.7. The highest BCUT2D eigenvalue weighted by molar-refractivity contribution is 7.51. The molecule has 3 aromatic rings. The van der Waals surface area contributed by atoms with E-state index in [1.165, 1.54) is 11.6 Å². The molecule has 0 saturated heterocycles. The van der Waals surface area contributed by atoms with Crippen LogP contribution in [0.5, 0.6) is 5.75 Å². The number of H-pyrrole nitrogens is 1. The van der Waals surface area contributed by atoms with E-state index in [-0.39, 0.29) is 5.82 Å². The molecule has 0 aliphatic carbocycles. The van der Waals surface area contributed by atoms with Gasteiger partial charge in [-0.15, -0.1) is 0 Å². The third kappa shape index (κ3) is 2.84. The molecule has 3 nitrogen and oxygen atoms in total. The molecule has 0 saturated carbocycles. The van der Waals surface area contributed by atoms with Gasteiger partial charge in [-0.05, 0) is 49.1 Å². The minimum atomic E-state index is -0.663. The number of fused-ring (bicyclic) bond motifs is 1. The minimum Gasteiger partial charge on any atom is -0.472 e. The van der Waals surface area contributed by atoms with Gasteiger partial charge in [0.05, 0.1) is 8.15 Å². The molecule has 0 spiro atoms. The van der Waals surface area contributed by atoms with E-state index in [1.807, 2.05) is 19.5 Å². The van der Waals surface area contributed by atoms with Gasteiger partial charge in [-0.2, -0.15) is 0 Å². The molecule has 0 aliphatic rings. The van der Waals surface area contributed by atoms with Crippen LogP contribution in [0, 0.1) is 5.82 Å². The summed E-state index contributed by atoms with van der Waals surface area (Å²) < 4.78 is 19.4. The number of halogens is 1. The molecule has 2 aromatic heterocycles. The lowest BCUT2D eigenvalue weighted by Gasteiger charge is -2.11. The van der Waals surface area contributed by atoms with Crippen molar-refractivity contribution in [2.45, 2.75) is 13.3 Å². The Morgan fingerprint density at radius 2 is 2.05 bits per heavy atom. The Morgan fingerprint density at radius 3 is 2.77 bits per heavy atom. The number of nitrogens with one attached hydrogen (secondary N) is 1. The summed E-state index contributed by atoms with van der Waals surface area (Å²) in [6, 6.07) is 7.05. The molecular weight excluding hydrogens is 298 g/mol. The molecule has 0 amide bonds. The molecule has 3 rings (SSSR count). The summed E-state index contributed by atoms with van der Waals surface area (Å²) in [5.74, 6) is -0.0247. The minimum absolute atomic E-state index is 0.304. The van der Waals surface area contributed by atoms with Crippen molar-refractivity contribution in [1.82, 2.24) is 9.97 Å². The molecule has 0 atom stereocenters. The monoisotopic (exact) mass is 316 g/mol. The number of rotatable bonds is 4. The number of hydrogen-bond donors (Lipinski definition) is 1. The fraction of sp³-hybridized carbons (Fsp3) is 0.235. The molecule has 2 heterocycles. The maximum Gasteiger partial charge on any atom is 0.165 e. The van der Waals surface area contributed by atoms with Crippen molar-refractivity contribution in [3.63, 3.8) is 0 Å². The van der Waals surface area contributed by atoms with Gasteiger partial charge in [-0.1, -0.05) is 13.0 Å². The number of aromatic nitrogens is 2. The second kappa shape index (κ2) is 6.05. The number of aryl methyl sites for hydroxylation is 1. The maximum absolute atomic E-state index is 13.8. The van der Waals surface area contributed by atoms with E-state index in [0.29, 0.717) is 5.75 Å². The molecule has 22 heavy (non-hydrogen) atoms. The second-order valence-corrected chi connectivity index (χ2v) is 7.14. The van der Waals surface area contributed by atoms with Crippen molar-refractivity contribution >= 4 is 19.2 Å². The molecule has 5 heteroatoms. The highest BCUT2D eigenvalue weighted by Crippen LogP contribution is 2.35. The first-order valence-corrected chi connectivity index (χ1v) is 9.35. The normalized spacial score (nSPS) is 11.3. The average Bonchev–Trinajstić information content (AvgIpc) is 2.91. The first-order chi connectivity index (χ1) is 10.6. The Morgan fingerprint density at radius 1 is 1.23 bits per heavy atom. The SMILES string of the molecule is CCc1c[nH]c2ncc(-c3ccc(F)c(OP(C)C)c3)cc12. The van der Waals surface area contributed by atoms with Crippen molar-refractivity contribution < 1.29 is 8.91 Å². The van der Waals surface area contributed by atoms with E-state index in [9.17, 15) is 4.39 Å². The van der Waals surface area contributed by atoms with Gasteiger partial charge in [0, 0.05) is 23.3 Å². The molecule has 0 unspecified atom stereocenters. The average molecular weight is 316 g/mol. The van der Waals surface area contributed by atoms with Crippen LogP contribution in [0.2, 0.25) is 0 Å². The summed E-state index contributed by atoms with van der Waals surface area (Å²) in [5.41, 5.74) is 3.98. The van der Waals surface area contributed by atoms with Crippen molar-refractivity contribution in [3.05, 3.63) is 48.0 Å². The molecule has 114 valence electrons. The van der Waals surface area contributed by atoms with Crippen LogP contribution in [-0.2, 0) is 6.42 Å². The van der Waals surface area contributed by atoms with Crippen LogP contribution in [0.15, 0.2) is 36.7 Å². The molecular formula is C17H18FN2OP. The predicted octanol–water partition coefficient (Wildman–Crippen LogP) is 4.97. The van der Waals surface area contributed by atoms with Gasteiger partial charge in [0.1, 0.15) is 5.65 Å². The molecule has 1 aromatic carbocycles. The van der Waals surface area contributed by atoms with Crippen LogP contribution in [0.4, 0.5) is 4.39 Å². The summed E-state index contributed by atoms with van der Waals surface area (Å²) in [5, 5.41) is 1.11. The van der Waals surface area contributed by atoms with E-state index >= 15 is 0 Å². The Hall–Kier alpha value is -1.93. The second-order valence-electron chi connectivity index (χ2n) is 5.34. The van der Waals surface area contributed by atoms with Crippen LogP contribution >= 0.6 is 8.15 Å². The Labute approximate surface area is 130 Å². The van der Waals surface area contributed by atoms with Crippen LogP contribution in [0.1, 0.15) is 12.5 Å². The topological polar surface area (TPSA) is 37.9 Å². The summed E-state index contributed by atoms with van der Waals surface area (Å²) >= 11 is 0. The first kappa shape index (κ1) is 15.0. The standard InChI is InChI=1S/C17H18FN2OP/c1-4-11-9-19-17-14(11)7-13(10-20-17)12-5-6-15(18)16(8-12)21-22(2)3/h5-10H,4H2,1-3H3,(H,19,20). The van der Waals surface area contributed by atoms with Crippen molar-refractivity contribution in [2.75, 3.05) is 13.3 Å². The van der Waals surface area contributed by atoms with Gasteiger partial charge in [-0.25, -0.2) is 9.37 Å². The fourth-order valence-electron chi connectivity index (χ4n) is 2.46. The number of benzene rings is 1. The molecule has 0 bridgehead atoms. The fourth-order valence-corrected chi connectivity index (χ4v) is 2.99. The first-order valence-electron chi connectivity index (χ1n) is 7.19. The summed E-state index contributed by atoms with van der Waals surface area (Å²) in [4.78, 5) is 7.62. The van der Waals surface area contributed by atoms with Gasteiger partial charge in [0.25, 0.3) is 0 Å². The summed E-state index contributed by atoms with van der Waals surface area (Å²) in [6.45, 7) is 6.01. The van der Waals surface area contributed by atoms with Gasteiger partial charge in [0.2, 0.25) is 0 Å². The summed E-state index contributed by atoms with van der Waals surface area (Å²) in [7, 11) is -0.663. The number of aromatic amines is 1. The highest BCUT2D eigenvalue weighted by Gasteiger charge is 2.10. The lowest BCUT2D eigenvalue weighted by atomic mass is 10.0. The lowest BCUT2D eigenvalue weighted by molar-refractivity contribution is 0.532. The van der Waals surface area contributed by atoms with E-state index in [0.717, 1.165) is 28.6 Å². The van der Waals surface area contributed by atoms with E-state index in [2.05, 4.69) is 23.0 Å². The van der Waals surface area contributed by atoms with E-state index in [1.54, 1.807) is 18.3 Å². The van der Waals surface area contributed by atoms with Crippen LogP contribution in [0.25, 0.3) is 22.2 Å².